The quantitative estimate of drug-likeness (QED) is 0.761. The molecule has 0 unspecified atom stereocenters. The molecule has 29 heavy (non-hydrogen) atoms. The summed E-state index contributed by atoms with van der Waals surface area (Å²) in [5.74, 6) is -2.59. The summed E-state index contributed by atoms with van der Waals surface area (Å²) < 4.78 is 30.3. The number of carboxylic acids is 1. The van der Waals surface area contributed by atoms with Crippen LogP contribution in [0.4, 0.5) is 0 Å². The van der Waals surface area contributed by atoms with Crippen LogP contribution in [0.2, 0.25) is 0 Å². The molecule has 3 saturated heterocycles. The van der Waals surface area contributed by atoms with E-state index in [2.05, 4.69) is 5.32 Å². The Morgan fingerprint density at radius 2 is 1.83 bits per heavy atom. The minimum absolute atomic E-state index is 0.135. The van der Waals surface area contributed by atoms with E-state index < -0.39 is 41.5 Å². The van der Waals surface area contributed by atoms with Gasteiger partial charge in [-0.05, 0) is 39.7 Å². The summed E-state index contributed by atoms with van der Waals surface area (Å²) >= 11 is 0. The van der Waals surface area contributed by atoms with Crippen LogP contribution >= 0.6 is 0 Å². The lowest BCUT2D eigenvalue weighted by Gasteiger charge is -2.54. The number of aliphatic carboxylic acids is 1. The smallest absolute Gasteiger partial charge is 0.321 e. The van der Waals surface area contributed by atoms with Crippen LogP contribution in [0.1, 0.15) is 33.3 Å². The van der Waals surface area contributed by atoms with E-state index in [9.17, 15) is 9.90 Å². The first-order valence-corrected chi connectivity index (χ1v) is 9.95. The summed E-state index contributed by atoms with van der Waals surface area (Å²) in [7, 11) is 0. The van der Waals surface area contributed by atoms with Crippen LogP contribution in [-0.2, 0) is 34.9 Å². The molecule has 3 heterocycles. The highest BCUT2D eigenvalue weighted by Crippen LogP contribution is 2.43. The zero-order valence-electron chi connectivity index (χ0n) is 17.2. The van der Waals surface area contributed by atoms with Crippen molar-refractivity contribution < 1.29 is 33.6 Å². The predicted octanol–water partition coefficient (Wildman–Crippen LogP) is 1.67. The van der Waals surface area contributed by atoms with E-state index in [1.165, 1.54) is 0 Å². The third kappa shape index (κ3) is 4.19. The lowest BCUT2D eigenvalue weighted by molar-refractivity contribution is -0.379. The van der Waals surface area contributed by atoms with E-state index in [-0.39, 0.29) is 19.3 Å². The van der Waals surface area contributed by atoms with Crippen molar-refractivity contribution in [1.82, 2.24) is 5.32 Å². The fraction of sp³-hybridized carbons (Fsp3) is 0.667. The first-order chi connectivity index (χ1) is 13.6. The van der Waals surface area contributed by atoms with E-state index in [4.69, 9.17) is 23.7 Å². The zero-order chi connectivity index (χ0) is 20.9. The largest absolute Gasteiger partial charge is 0.480 e. The maximum absolute atomic E-state index is 12.1. The number of nitrogens with one attached hydrogen (secondary N) is 1. The number of carbonyl (C=O) groups is 1. The van der Waals surface area contributed by atoms with Crippen molar-refractivity contribution in [3.8, 4) is 0 Å². The molecular formula is C21H29NO7. The van der Waals surface area contributed by atoms with Crippen molar-refractivity contribution in [2.75, 3.05) is 13.2 Å². The molecule has 2 N–H and O–H groups in total. The van der Waals surface area contributed by atoms with Gasteiger partial charge in [-0.2, -0.15) is 0 Å². The molecule has 0 amide bonds. The highest BCUT2D eigenvalue weighted by Gasteiger charge is 2.62. The SMILES string of the molecule is CC1(C)O[C@@H]2[C@@H](CO[C@]3(N[C@@H](Cc4ccccc4)C(=O)O)COC(C)(C)O[C@@H]23)O1. The van der Waals surface area contributed by atoms with Gasteiger partial charge in [-0.25, -0.2) is 0 Å². The molecule has 5 atom stereocenters. The number of fused-ring (bicyclic) bond motifs is 3. The average Bonchev–Trinajstić information content (AvgIpc) is 2.97. The second-order valence-electron chi connectivity index (χ2n) is 8.79. The van der Waals surface area contributed by atoms with Crippen LogP contribution in [0, 0.1) is 0 Å². The third-order valence-electron chi connectivity index (χ3n) is 5.53. The number of rotatable bonds is 5. The second kappa shape index (κ2) is 7.30. The first-order valence-electron chi connectivity index (χ1n) is 9.95. The highest BCUT2D eigenvalue weighted by atomic mass is 16.8. The summed E-state index contributed by atoms with van der Waals surface area (Å²) in [4.78, 5) is 12.1. The second-order valence-corrected chi connectivity index (χ2v) is 8.79. The van der Waals surface area contributed by atoms with Crippen LogP contribution in [0.3, 0.4) is 0 Å². The zero-order valence-corrected chi connectivity index (χ0v) is 17.2. The fourth-order valence-corrected chi connectivity index (χ4v) is 4.24. The van der Waals surface area contributed by atoms with Gasteiger partial charge < -0.3 is 28.8 Å². The Morgan fingerprint density at radius 1 is 1.10 bits per heavy atom. The Hall–Kier alpha value is -1.55. The molecule has 0 bridgehead atoms. The van der Waals surface area contributed by atoms with Crippen molar-refractivity contribution >= 4 is 5.97 Å². The minimum Gasteiger partial charge on any atom is -0.480 e. The lowest BCUT2D eigenvalue weighted by Crippen LogP contribution is -2.75. The molecule has 160 valence electrons. The third-order valence-corrected chi connectivity index (χ3v) is 5.53. The van der Waals surface area contributed by atoms with Gasteiger partial charge in [0.15, 0.2) is 17.3 Å². The van der Waals surface area contributed by atoms with Gasteiger partial charge in [0, 0.05) is 0 Å². The molecule has 8 heteroatoms. The van der Waals surface area contributed by atoms with Crippen molar-refractivity contribution in [3.63, 3.8) is 0 Å². The molecule has 1 aromatic rings. The average molecular weight is 407 g/mol. The molecule has 0 radical (unpaired) electrons. The monoisotopic (exact) mass is 407 g/mol. The molecular weight excluding hydrogens is 378 g/mol. The molecule has 3 fully saturated rings. The lowest BCUT2D eigenvalue weighted by atomic mass is 9.91. The van der Waals surface area contributed by atoms with Crippen LogP contribution in [0.25, 0.3) is 0 Å². The maximum atomic E-state index is 12.1. The molecule has 0 spiro atoms. The summed E-state index contributed by atoms with van der Waals surface area (Å²) in [6.45, 7) is 7.72. The van der Waals surface area contributed by atoms with E-state index in [0.29, 0.717) is 6.42 Å². The number of hydrogen-bond donors (Lipinski definition) is 2. The molecule has 0 aromatic heterocycles. The van der Waals surface area contributed by atoms with E-state index in [1.807, 2.05) is 58.0 Å². The molecule has 0 saturated carbocycles. The number of carboxylic acid groups (broad SMARTS) is 1. The van der Waals surface area contributed by atoms with Gasteiger partial charge in [0.2, 0.25) is 0 Å². The number of ether oxygens (including phenoxy) is 5. The number of benzene rings is 1. The summed E-state index contributed by atoms with van der Waals surface area (Å²) in [5, 5.41) is 13.1. The maximum Gasteiger partial charge on any atom is 0.321 e. The van der Waals surface area contributed by atoms with Crippen molar-refractivity contribution in [2.45, 2.75) is 75.8 Å². The Balaban J connectivity index is 1.61. The topological polar surface area (TPSA) is 95.5 Å². The van der Waals surface area contributed by atoms with Crippen molar-refractivity contribution in [3.05, 3.63) is 35.9 Å². The van der Waals surface area contributed by atoms with Crippen LogP contribution in [0.15, 0.2) is 30.3 Å². The Labute approximate surface area is 170 Å². The van der Waals surface area contributed by atoms with Crippen LogP contribution < -0.4 is 5.32 Å². The molecule has 4 rings (SSSR count). The van der Waals surface area contributed by atoms with Crippen molar-refractivity contribution in [2.24, 2.45) is 0 Å². The molecule has 3 aliphatic heterocycles. The molecule has 3 aliphatic rings. The summed E-state index contributed by atoms with van der Waals surface area (Å²) in [6, 6.07) is 8.59. The van der Waals surface area contributed by atoms with Crippen LogP contribution in [0.5, 0.6) is 0 Å². The number of hydrogen-bond acceptors (Lipinski definition) is 7. The fourth-order valence-electron chi connectivity index (χ4n) is 4.24. The predicted molar refractivity (Wildman–Crippen MR) is 102 cm³/mol. The van der Waals surface area contributed by atoms with E-state index in [1.54, 1.807) is 0 Å². The Bertz CT molecular complexity index is 753. The van der Waals surface area contributed by atoms with E-state index >= 15 is 0 Å². The molecule has 1 aromatic carbocycles. The van der Waals surface area contributed by atoms with Gasteiger partial charge in [-0.1, -0.05) is 30.3 Å². The summed E-state index contributed by atoms with van der Waals surface area (Å²) in [5.41, 5.74) is -0.244. The Morgan fingerprint density at radius 3 is 2.52 bits per heavy atom. The summed E-state index contributed by atoms with van der Waals surface area (Å²) in [6.07, 6.45) is -0.991. The minimum atomic E-state index is -1.15. The van der Waals surface area contributed by atoms with Gasteiger partial charge in [0.05, 0.1) is 13.2 Å². The first kappa shape index (κ1) is 20.7. The van der Waals surface area contributed by atoms with E-state index in [0.717, 1.165) is 5.56 Å². The van der Waals surface area contributed by atoms with Gasteiger partial charge in [-0.15, -0.1) is 0 Å². The highest BCUT2D eigenvalue weighted by molar-refractivity contribution is 5.74. The van der Waals surface area contributed by atoms with Gasteiger partial charge in [0.1, 0.15) is 24.4 Å². The van der Waals surface area contributed by atoms with Gasteiger partial charge >= 0.3 is 5.97 Å². The van der Waals surface area contributed by atoms with Crippen molar-refractivity contribution in [1.29, 1.82) is 0 Å². The van der Waals surface area contributed by atoms with Crippen LogP contribution in [-0.4, -0.2) is 65.9 Å². The molecule has 0 aliphatic carbocycles. The molecule has 8 nitrogen and oxygen atoms in total. The van der Waals surface area contributed by atoms with Gasteiger partial charge in [-0.3, -0.25) is 10.1 Å². The Kier molecular flexibility index (Phi) is 5.21. The standard InChI is InChI=1S/C21H29NO7/c1-19(2)26-12-21(22-14(18(23)24)10-13-8-6-5-7-9-13)17(29-19)16-15(11-25-21)27-20(3,4)28-16/h5-9,14-17,22H,10-12H2,1-4H3,(H,23,24)/t14-,15+,16+,17-,21+/m0/s1. The van der Waals surface area contributed by atoms with Gasteiger partial charge in [0.25, 0.3) is 0 Å². The normalized spacial score (nSPS) is 36.1.